The second-order valence-electron chi connectivity index (χ2n) is 5.82. The van der Waals surface area contributed by atoms with Crippen LogP contribution in [0, 0.1) is 5.41 Å². The first kappa shape index (κ1) is 13.1. The Hall–Kier alpha value is -0.980. The summed E-state index contributed by atoms with van der Waals surface area (Å²) in [5.74, 6) is 1.51. The van der Waals surface area contributed by atoms with Gasteiger partial charge < -0.3 is 4.74 Å². The van der Waals surface area contributed by atoms with Crippen LogP contribution in [-0.4, -0.2) is 6.10 Å². The Morgan fingerprint density at radius 1 is 0.938 bits per heavy atom. The van der Waals surface area contributed by atoms with Crippen LogP contribution in [-0.2, 0) is 0 Å². The van der Waals surface area contributed by atoms with Gasteiger partial charge in [-0.05, 0) is 42.9 Å². The second kappa shape index (κ2) is 4.90. The number of ether oxygens (including phenoxy) is 1. The van der Waals surface area contributed by atoms with E-state index >= 15 is 0 Å². The van der Waals surface area contributed by atoms with Crippen LogP contribution in [0.2, 0.25) is 0 Å². The summed E-state index contributed by atoms with van der Waals surface area (Å²) >= 11 is 0. The molecule has 1 heteroatoms. The van der Waals surface area contributed by atoms with E-state index in [1.165, 1.54) is 5.56 Å². The van der Waals surface area contributed by atoms with Crippen molar-refractivity contribution in [2.75, 3.05) is 0 Å². The molecule has 0 aromatic heterocycles. The van der Waals surface area contributed by atoms with E-state index in [4.69, 9.17) is 4.74 Å². The van der Waals surface area contributed by atoms with Gasteiger partial charge in [-0.1, -0.05) is 39.8 Å². The molecule has 0 radical (unpaired) electrons. The molecule has 1 unspecified atom stereocenters. The first-order valence-electron chi connectivity index (χ1n) is 6.07. The number of benzene rings is 1. The lowest BCUT2D eigenvalue weighted by Crippen LogP contribution is -2.15. The van der Waals surface area contributed by atoms with Crippen molar-refractivity contribution in [2.24, 2.45) is 5.41 Å². The molecule has 1 aromatic carbocycles. The van der Waals surface area contributed by atoms with Crippen LogP contribution in [0.25, 0.3) is 0 Å². The van der Waals surface area contributed by atoms with Crippen molar-refractivity contribution >= 4 is 0 Å². The van der Waals surface area contributed by atoms with Crippen molar-refractivity contribution in [1.82, 2.24) is 0 Å². The summed E-state index contributed by atoms with van der Waals surface area (Å²) < 4.78 is 5.63. The summed E-state index contributed by atoms with van der Waals surface area (Å²) in [4.78, 5) is 0. The highest BCUT2D eigenvalue weighted by Gasteiger charge is 2.21. The van der Waals surface area contributed by atoms with Crippen molar-refractivity contribution in [2.45, 2.75) is 53.6 Å². The third-order valence-corrected chi connectivity index (χ3v) is 3.05. The maximum absolute atomic E-state index is 5.63. The molecule has 0 saturated carbocycles. The van der Waals surface area contributed by atoms with Crippen LogP contribution in [0.3, 0.4) is 0 Å². The van der Waals surface area contributed by atoms with Gasteiger partial charge in [-0.2, -0.15) is 0 Å². The zero-order valence-electron chi connectivity index (χ0n) is 11.4. The smallest absolute Gasteiger partial charge is 0.119 e. The Labute approximate surface area is 99.8 Å². The maximum Gasteiger partial charge on any atom is 0.119 e. The topological polar surface area (TPSA) is 9.23 Å². The highest BCUT2D eigenvalue weighted by Crippen LogP contribution is 2.34. The highest BCUT2D eigenvalue weighted by atomic mass is 16.5. The van der Waals surface area contributed by atoms with Gasteiger partial charge in [-0.15, -0.1) is 0 Å². The SMILES string of the molecule is CC(C)Oc1ccc(C(C)C(C)(C)C)cc1. The molecule has 0 fully saturated rings. The molecular formula is C15H24O. The van der Waals surface area contributed by atoms with Gasteiger partial charge in [0, 0.05) is 0 Å². The normalized spacial score (nSPS) is 13.9. The molecule has 0 aliphatic heterocycles. The van der Waals surface area contributed by atoms with Gasteiger partial charge in [0.15, 0.2) is 0 Å². The van der Waals surface area contributed by atoms with E-state index in [9.17, 15) is 0 Å². The van der Waals surface area contributed by atoms with E-state index in [1.54, 1.807) is 0 Å². The summed E-state index contributed by atoms with van der Waals surface area (Å²) in [7, 11) is 0. The van der Waals surface area contributed by atoms with Crippen LogP contribution in [0.4, 0.5) is 0 Å². The van der Waals surface area contributed by atoms with E-state index in [-0.39, 0.29) is 6.10 Å². The standard InChI is InChI=1S/C15H24O/c1-11(2)16-14-9-7-13(8-10-14)12(3)15(4,5)6/h7-12H,1-6H3. The molecule has 0 heterocycles. The van der Waals surface area contributed by atoms with Crippen LogP contribution < -0.4 is 4.74 Å². The van der Waals surface area contributed by atoms with E-state index in [0.29, 0.717) is 11.3 Å². The van der Waals surface area contributed by atoms with Crippen LogP contribution in [0.15, 0.2) is 24.3 Å². The minimum absolute atomic E-state index is 0.242. The summed E-state index contributed by atoms with van der Waals surface area (Å²) in [5, 5.41) is 0. The summed E-state index contributed by atoms with van der Waals surface area (Å²) in [5.41, 5.74) is 1.68. The molecule has 1 rings (SSSR count). The fourth-order valence-corrected chi connectivity index (χ4v) is 1.61. The molecule has 1 aromatic rings. The fraction of sp³-hybridized carbons (Fsp3) is 0.600. The molecule has 0 bridgehead atoms. The third-order valence-electron chi connectivity index (χ3n) is 3.05. The lowest BCUT2D eigenvalue weighted by Gasteiger charge is -2.27. The van der Waals surface area contributed by atoms with E-state index in [0.717, 1.165) is 5.75 Å². The van der Waals surface area contributed by atoms with Gasteiger partial charge in [-0.3, -0.25) is 0 Å². The summed E-state index contributed by atoms with van der Waals surface area (Å²) in [6, 6.07) is 8.48. The molecule has 1 atom stereocenters. The zero-order chi connectivity index (χ0) is 12.3. The molecule has 1 nitrogen and oxygen atoms in total. The Kier molecular flexibility index (Phi) is 4.01. The highest BCUT2D eigenvalue weighted by molar-refractivity contribution is 5.30. The van der Waals surface area contributed by atoms with Crippen molar-refractivity contribution in [3.63, 3.8) is 0 Å². The quantitative estimate of drug-likeness (QED) is 0.722. The summed E-state index contributed by atoms with van der Waals surface area (Å²) in [6.07, 6.45) is 0.242. The average Bonchev–Trinajstić information content (AvgIpc) is 2.15. The summed E-state index contributed by atoms with van der Waals surface area (Å²) in [6.45, 7) is 13.2. The van der Waals surface area contributed by atoms with Gasteiger partial charge in [0.1, 0.15) is 5.75 Å². The van der Waals surface area contributed by atoms with Crippen LogP contribution >= 0.6 is 0 Å². The van der Waals surface area contributed by atoms with E-state index in [1.807, 2.05) is 13.8 Å². The molecule has 16 heavy (non-hydrogen) atoms. The van der Waals surface area contributed by atoms with Gasteiger partial charge >= 0.3 is 0 Å². The van der Waals surface area contributed by atoms with Crippen LogP contribution in [0.5, 0.6) is 5.75 Å². The molecule has 0 amide bonds. The minimum Gasteiger partial charge on any atom is -0.491 e. The molecule has 0 saturated heterocycles. The van der Waals surface area contributed by atoms with Crippen molar-refractivity contribution in [3.05, 3.63) is 29.8 Å². The minimum atomic E-state index is 0.242. The molecule has 0 aliphatic carbocycles. The molecule has 0 N–H and O–H groups in total. The van der Waals surface area contributed by atoms with Gasteiger partial charge in [-0.25, -0.2) is 0 Å². The zero-order valence-corrected chi connectivity index (χ0v) is 11.4. The van der Waals surface area contributed by atoms with Gasteiger partial charge in [0.05, 0.1) is 6.10 Å². The second-order valence-corrected chi connectivity index (χ2v) is 5.82. The third kappa shape index (κ3) is 3.55. The molecular weight excluding hydrogens is 196 g/mol. The monoisotopic (exact) mass is 220 g/mol. The Bertz CT molecular complexity index is 316. The van der Waals surface area contributed by atoms with Crippen molar-refractivity contribution in [3.8, 4) is 5.75 Å². The largest absolute Gasteiger partial charge is 0.491 e. The molecule has 0 aliphatic rings. The van der Waals surface area contributed by atoms with E-state index in [2.05, 4.69) is 52.0 Å². The number of rotatable bonds is 3. The van der Waals surface area contributed by atoms with Gasteiger partial charge in [0.25, 0.3) is 0 Å². The lowest BCUT2D eigenvalue weighted by molar-refractivity contribution is 0.242. The predicted molar refractivity (Wildman–Crippen MR) is 70.1 cm³/mol. The number of hydrogen-bond donors (Lipinski definition) is 0. The van der Waals surface area contributed by atoms with Crippen molar-refractivity contribution < 1.29 is 4.74 Å². The molecule has 0 spiro atoms. The first-order chi connectivity index (χ1) is 7.30. The van der Waals surface area contributed by atoms with E-state index < -0.39 is 0 Å². The Morgan fingerprint density at radius 2 is 1.44 bits per heavy atom. The fourth-order valence-electron chi connectivity index (χ4n) is 1.61. The first-order valence-corrected chi connectivity index (χ1v) is 6.07. The Morgan fingerprint density at radius 3 is 1.81 bits per heavy atom. The van der Waals surface area contributed by atoms with Crippen molar-refractivity contribution in [1.29, 1.82) is 0 Å². The lowest BCUT2D eigenvalue weighted by atomic mass is 9.78. The Balaban J connectivity index is 2.79. The predicted octanol–water partition coefficient (Wildman–Crippen LogP) is 4.62. The number of hydrogen-bond acceptors (Lipinski definition) is 1. The molecule has 90 valence electrons. The maximum atomic E-state index is 5.63. The average molecular weight is 220 g/mol. The van der Waals surface area contributed by atoms with Gasteiger partial charge in [0.2, 0.25) is 0 Å². The van der Waals surface area contributed by atoms with Crippen LogP contribution in [0.1, 0.15) is 53.0 Å².